The van der Waals surface area contributed by atoms with Crippen LogP contribution >= 0.6 is 0 Å². The summed E-state index contributed by atoms with van der Waals surface area (Å²) in [6.45, 7) is 0. The molecule has 0 spiro atoms. The standard InChI is InChI=1S/C13H11N3O3/c17-12(9-4-3-7-14-8-9)15-11-6-2-1-5-10(11)13(18)16-19/h1-8,19H,(H,15,17)(H,16,18). The van der Waals surface area contributed by atoms with E-state index >= 15 is 0 Å². The molecule has 0 aliphatic carbocycles. The molecule has 0 saturated carbocycles. The molecular formula is C13H11N3O3. The van der Waals surface area contributed by atoms with Gasteiger partial charge >= 0.3 is 0 Å². The maximum atomic E-state index is 11.9. The van der Waals surface area contributed by atoms with E-state index in [0.29, 0.717) is 11.3 Å². The van der Waals surface area contributed by atoms with Gasteiger partial charge in [0.15, 0.2) is 0 Å². The highest BCUT2D eigenvalue weighted by molar-refractivity contribution is 6.08. The van der Waals surface area contributed by atoms with E-state index in [4.69, 9.17) is 5.21 Å². The van der Waals surface area contributed by atoms with Crippen LogP contribution in [0, 0.1) is 0 Å². The number of amides is 2. The number of carbonyl (C=O) groups excluding carboxylic acids is 2. The highest BCUT2D eigenvalue weighted by atomic mass is 16.5. The number of hydrogen-bond acceptors (Lipinski definition) is 4. The van der Waals surface area contributed by atoms with Crippen molar-refractivity contribution in [1.29, 1.82) is 0 Å². The molecule has 2 amide bonds. The Morgan fingerprint density at radius 3 is 2.53 bits per heavy atom. The summed E-state index contributed by atoms with van der Waals surface area (Å²) < 4.78 is 0. The summed E-state index contributed by atoms with van der Waals surface area (Å²) >= 11 is 0. The van der Waals surface area contributed by atoms with E-state index in [-0.39, 0.29) is 11.5 Å². The molecule has 96 valence electrons. The molecule has 1 heterocycles. The zero-order valence-electron chi connectivity index (χ0n) is 9.83. The highest BCUT2D eigenvalue weighted by Crippen LogP contribution is 2.15. The van der Waals surface area contributed by atoms with Gasteiger partial charge in [-0.05, 0) is 24.3 Å². The zero-order valence-corrected chi connectivity index (χ0v) is 9.83. The summed E-state index contributed by atoms with van der Waals surface area (Å²) in [4.78, 5) is 27.2. The minimum Gasteiger partial charge on any atom is -0.321 e. The number of anilines is 1. The largest absolute Gasteiger partial charge is 0.321 e. The lowest BCUT2D eigenvalue weighted by Gasteiger charge is -2.09. The molecule has 6 heteroatoms. The van der Waals surface area contributed by atoms with E-state index in [9.17, 15) is 9.59 Å². The first-order chi connectivity index (χ1) is 9.22. The quantitative estimate of drug-likeness (QED) is 0.573. The van der Waals surface area contributed by atoms with Gasteiger partial charge in [-0.15, -0.1) is 0 Å². The number of para-hydroxylation sites is 1. The predicted octanol–water partition coefficient (Wildman–Crippen LogP) is 1.45. The van der Waals surface area contributed by atoms with Crippen LogP contribution in [0.5, 0.6) is 0 Å². The van der Waals surface area contributed by atoms with E-state index < -0.39 is 5.91 Å². The molecule has 0 bridgehead atoms. The Balaban J connectivity index is 2.25. The minimum atomic E-state index is -0.693. The van der Waals surface area contributed by atoms with Gasteiger partial charge in [0.05, 0.1) is 16.8 Å². The van der Waals surface area contributed by atoms with Crippen molar-refractivity contribution in [3.8, 4) is 0 Å². The Morgan fingerprint density at radius 2 is 1.84 bits per heavy atom. The number of nitrogens with one attached hydrogen (secondary N) is 2. The Bertz CT molecular complexity index is 599. The van der Waals surface area contributed by atoms with Crippen LogP contribution in [-0.4, -0.2) is 22.0 Å². The molecular weight excluding hydrogens is 246 g/mol. The topological polar surface area (TPSA) is 91.3 Å². The molecule has 0 fully saturated rings. The van der Waals surface area contributed by atoms with Crippen molar-refractivity contribution in [3.63, 3.8) is 0 Å². The molecule has 2 rings (SSSR count). The molecule has 0 aliphatic heterocycles. The van der Waals surface area contributed by atoms with E-state index in [1.54, 1.807) is 36.5 Å². The molecule has 1 aromatic carbocycles. The number of rotatable bonds is 3. The fourth-order valence-corrected chi connectivity index (χ4v) is 1.54. The molecule has 19 heavy (non-hydrogen) atoms. The Labute approximate surface area is 109 Å². The van der Waals surface area contributed by atoms with Gasteiger partial charge in [0, 0.05) is 12.4 Å². The van der Waals surface area contributed by atoms with Gasteiger partial charge in [-0.2, -0.15) is 0 Å². The minimum absolute atomic E-state index is 0.169. The second-order valence-electron chi connectivity index (χ2n) is 3.68. The van der Waals surface area contributed by atoms with Gasteiger partial charge in [0.2, 0.25) is 0 Å². The predicted molar refractivity (Wildman–Crippen MR) is 67.9 cm³/mol. The lowest BCUT2D eigenvalue weighted by molar-refractivity contribution is 0.0707. The maximum absolute atomic E-state index is 11.9. The number of nitrogens with zero attached hydrogens (tertiary/aromatic N) is 1. The van der Waals surface area contributed by atoms with Crippen LogP contribution in [-0.2, 0) is 0 Å². The smallest absolute Gasteiger partial charge is 0.276 e. The van der Waals surface area contributed by atoms with Gasteiger partial charge in [0.1, 0.15) is 0 Å². The second-order valence-corrected chi connectivity index (χ2v) is 3.68. The van der Waals surface area contributed by atoms with Crippen molar-refractivity contribution in [2.45, 2.75) is 0 Å². The Morgan fingerprint density at radius 1 is 1.05 bits per heavy atom. The van der Waals surface area contributed by atoms with Gasteiger partial charge in [-0.3, -0.25) is 19.8 Å². The number of pyridine rings is 1. The lowest BCUT2D eigenvalue weighted by atomic mass is 10.1. The van der Waals surface area contributed by atoms with E-state index in [1.807, 2.05) is 0 Å². The summed E-state index contributed by atoms with van der Waals surface area (Å²) in [5, 5.41) is 11.2. The number of hydroxylamine groups is 1. The third-order valence-corrected chi connectivity index (χ3v) is 2.45. The molecule has 2 aromatic rings. The second kappa shape index (κ2) is 5.74. The summed E-state index contributed by atoms with van der Waals surface area (Å²) in [5.74, 6) is -1.08. The average molecular weight is 257 g/mol. The van der Waals surface area contributed by atoms with Gasteiger partial charge in [0.25, 0.3) is 11.8 Å². The van der Waals surface area contributed by atoms with Crippen LogP contribution in [0.4, 0.5) is 5.69 Å². The number of benzene rings is 1. The van der Waals surface area contributed by atoms with Crippen molar-refractivity contribution in [2.24, 2.45) is 0 Å². The molecule has 0 atom stereocenters. The summed E-state index contributed by atoms with van der Waals surface area (Å²) in [7, 11) is 0. The first-order valence-electron chi connectivity index (χ1n) is 5.47. The normalized spacial score (nSPS) is 9.74. The Kier molecular flexibility index (Phi) is 3.84. The molecule has 0 unspecified atom stereocenters. The third-order valence-electron chi connectivity index (χ3n) is 2.45. The van der Waals surface area contributed by atoms with Crippen LogP contribution in [0.2, 0.25) is 0 Å². The number of aromatic nitrogens is 1. The fraction of sp³-hybridized carbons (Fsp3) is 0. The molecule has 1 aromatic heterocycles. The first kappa shape index (κ1) is 12.7. The van der Waals surface area contributed by atoms with Crippen LogP contribution in [0.25, 0.3) is 0 Å². The van der Waals surface area contributed by atoms with E-state index in [0.717, 1.165) is 0 Å². The SMILES string of the molecule is O=C(Nc1ccccc1C(=O)NO)c1cccnc1. The molecule has 6 nitrogen and oxygen atoms in total. The summed E-state index contributed by atoms with van der Waals surface area (Å²) in [6, 6.07) is 9.61. The van der Waals surface area contributed by atoms with Crippen LogP contribution in [0.1, 0.15) is 20.7 Å². The van der Waals surface area contributed by atoms with Gasteiger partial charge < -0.3 is 5.32 Å². The van der Waals surface area contributed by atoms with E-state index in [1.165, 1.54) is 17.7 Å². The van der Waals surface area contributed by atoms with Crippen LogP contribution < -0.4 is 10.8 Å². The average Bonchev–Trinajstić information content (AvgIpc) is 2.48. The monoisotopic (exact) mass is 257 g/mol. The van der Waals surface area contributed by atoms with Crippen molar-refractivity contribution < 1.29 is 14.8 Å². The van der Waals surface area contributed by atoms with Gasteiger partial charge in [-0.1, -0.05) is 12.1 Å². The summed E-state index contributed by atoms with van der Waals surface area (Å²) in [6.07, 6.45) is 2.98. The van der Waals surface area contributed by atoms with E-state index in [2.05, 4.69) is 10.3 Å². The number of carbonyl (C=O) groups is 2. The molecule has 0 saturated heterocycles. The van der Waals surface area contributed by atoms with Crippen LogP contribution in [0.3, 0.4) is 0 Å². The first-order valence-corrected chi connectivity index (χ1v) is 5.47. The lowest BCUT2D eigenvalue weighted by Crippen LogP contribution is -2.22. The molecule has 3 N–H and O–H groups in total. The third kappa shape index (κ3) is 2.93. The van der Waals surface area contributed by atoms with Crippen molar-refractivity contribution in [3.05, 3.63) is 59.9 Å². The zero-order chi connectivity index (χ0) is 13.7. The van der Waals surface area contributed by atoms with Crippen molar-refractivity contribution >= 4 is 17.5 Å². The molecule has 0 aliphatic rings. The van der Waals surface area contributed by atoms with Crippen LogP contribution in [0.15, 0.2) is 48.8 Å². The highest BCUT2D eigenvalue weighted by Gasteiger charge is 2.13. The van der Waals surface area contributed by atoms with Gasteiger partial charge in [-0.25, -0.2) is 5.48 Å². The van der Waals surface area contributed by atoms with Crippen molar-refractivity contribution in [1.82, 2.24) is 10.5 Å². The fourth-order valence-electron chi connectivity index (χ4n) is 1.54. The maximum Gasteiger partial charge on any atom is 0.276 e. The molecule has 0 radical (unpaired) electrons. The Hall–Kier alpha value is -2.73. The number of hydrogen-bond donors (Lipinski definition) is 3. The summed E-state index contributed by atoms with van der Waals surface area (Å²) in [5.41, 5.74) is 2.39. The van der Waals surface area contributed by atoms with Crippen molar-refractivity contribution in [2.75, 3.05) is 5.32 Å².